The smallest absolute Gasteiger partial charge is 0.133 e. The summed E-state index contributed by atoms with van der Waals surface area (Å²) >= 11 is 7.66. The Balaban J connectivity index is 2.49. The molecule has 0 saturated heterocycles. The van der Waals surface area contributed by atoms with Crippen molar-refractivity contribution in [3.63, 3.8) is 0 Å². The van der Waals surface area contributed by atoms with E-state index in [1.807, 2.05) is 25.3 Å². The van der Waals surface area contributed by atoms with Crippen molar-refractivity contribution in [1.29, 1.82) is 0 Å². The minimum absolute atomic E-state index is 0.498. The number of hydrogen-bond donors (Lipinski definition) is 1. The fraction of sp³-hybridized carbons (Fsp3) is 0.364. The maximum Gasteiger partial charge on any atom is 0.133 e. The Morgan fingerprint density at radius 3 is 2.62 bits per heavy atom. The van der Waals surface area contributed by atoms with Crippen LogP contribution in [0, 0.1) is 13.8 Å². The van der Waals surface area contributed by atoms with Gasteiger partial charge in [-0.05, 0) is 30.9 Å². The van der Waals surface area contributed by atoms with E-state index in [-0.39, 0.29) is 0 Å². The van der Waals surface area contributed by atoms with Crippen LogP contribution in [0.3, 0.4) is 0 Å². The van der Waals surface area contributed by atoms with E-state index in [0.717, 1.165) is 16.1 Å². The van der Waals surface area contributed by atoms with Gasteiger partial charge in [-0.2, -0.15) is 5.10 Å². The van der Waals surface area contributed by atoms with Gasteiger partial charge in [-0.1, -0.05) is 11.6 Å². The number of hydrogen-bond acceptors (Lipinski definition) is 3. The number of aromatic nitrogens is 2. The summed E-state index contributed by atoms with van der Waals surface area (Å²) in [5.74, 6) is 0. The zero-order chi connectivity index (χ0) is 11.9. The van der Waals surface area contributed by atoms with E-state index >= 15 is 0 Å². The molecule has 86 valence electrons. The number of thiophene rings is 1. The fourth-order valence-electron chi connectivity index (χ4n) is 1.75. The van der Waals surface area contributed by atoms with Crippen molar-refractivity contribution in [3.05, 3.63) is 38.3 Å². The second kappa shape index (κ2) is 4.20. The maximum atomic E-state index is 10.3. The molecule has 0 aliphatic rings. The van der Waals surface area contributed by atoms with E-state index < -0.39 is 6.10 Å². The average Bonchev–Trinajstić information content (AvgIpc) is 2.73. The molecule has 1 N–H and O–H groups in total. The third-order valence-corrected chi connectivity index (χ3v) is 4.14. The number of nitrogens with zero attached hydrogens (tertiary/aromatic N) is 2. The van der Waals surface area contributed by atoms with Gasteiger partial charge in [0, 0.05) is 17.5 Å². The Morgan fingerprint density at radius 1 is 1.50 bits per heavy atom. The quantitative estimate of drug-likeness (QED) is 0.897. The zero-order valence-corrected chi connectivity index (χ0v) is 10.9. The highest BCUT2D eigenvalue weighted by Gasteiger charge is 2.22. The van der Waals surface area contributed by atoms with Gasteiger partial charge >= 0.3 is 0 Å². The van der Waals surface area contributed by atoms with Crippen molar-refractivity contribution in [3.8, 4) is 0 Å². The Labute approximate surface area is 103 Å². The molecule has 0 bridgehead atoms. The molecule has 2 aromatic rings. The molecule has 5 heteroatoms. The van der Waals surface area contributed by atoms with E-state index in [1.54, 1.807) is 11.7 Å². The summed E-state index contributed by atoms with van der Waals surface area (Å²) in [7, 11) is 1.77. The van der Waals surface area contributed by atoms with Crippen molar-refractivity contribution in [2.45, 2.75) is 20.0 Å². The lowest BCUT2D eigenvalue weighted by atomic mass is 10.1. The first kappa shape index (κ1) is 11.6. The molecular formula is C11H13ClN2OS. The molecule has 16 heavy (non-hydrogen) atoms. The van der Waals surface area contributed by atoms with Crippen LogP contribution in [-0.2, 0) is 7.05 Å². The van der Waals surface area contributed by atoms with Gasteiger partial charge in [0.1, 0.15) is 11.3 Å². The second-order valence-electron chi connectivity index (χ2n) is 3.78. The largest absolute Gasteiger partial charge is 0.383 e. The fourth-order valence-corrected chi connectivity index (χ4v) is 2.95. The Hall–Kier alpha value is -0.840. The molecule has 0 aromatic carbocycles. The van der Waals surface area contributed by atoms with Crippen molar-refractivity contribution >= 4 is 22.9 Å². The summed E-state index contributed by atoms with van der Waals surface area (Å²) in [5.41, 5.74) is 2.55. The first-order valence-corrected chi connectivity index (χ1v) is 6.19. The summed E-state index contributed by atoms with van der Waals surface area (Å²) < 4.78 is 1.58. The molecule has 0 saturated carbocycles. The van der Waals surface area contributed by atoms with Gasteiger partial charge in [0.15, 0.2) is 0 Å². The lowest BCUT2D eigenvalue weighted by Crippen LogP contribution is -2.00. The van der Waals surface area contributed by atoms with Gasteiger partial charge < -0.3 is 5.11 Å². The van der Waals surface area contributed by atoms with Gasteiger partial charge in [0.05, 0.1) is 5.69 Å². The Morgan fingerprint density at radius 2 is 2.19 bits per heavy atom. The number of aliphatic hydroxyl groups is 1. The van der Waals surface area contributed by atoms with E-state index in [2.05, 4.69) is 5.10 Å². The first-order chi connectivity index (χ1) is 7.52. The minimum Gasteiger partial charge on any atom is -0.383 e. The molecule has 0 amide bonds. The summed E-state index contributed by atoms with van der Waals surface area (Å²) in [6.07, 6.45) is -0.679. The normalized spacial score (nSPS) is 13.1. The SMILES string of the molecule is Cc1ccsc1C(O)c1c(C)nn(C)c1Cl. The van der Waals surface area contributed by atoms with E-state index in [4.69, 9.17) is 11.6 Å². The molecule has 2 heterocycles. The molecule has 3 nitrogen and oxygen atoms in total. The van der Waals surface area contributed by atoms with Gasteiger partial charge in [0.25, 0.3) is 0 Å². The summed E-state index contributed by atoms with van der Waals surface area (Å²) in [6.45, 7) is 3.84. The molecule has 0 aliphatic heterocycles. The third-order valence-electron chi connectivity index (χ3n) is 2.62. The van der Waals surface area contributed by atoms with Crippen molar-refractivity contribution in [2.75, 3.05) is 0 Å². The number of rotatable bonds is 2. The summed E-state index contributed by atoms with van der Waals surface area (Å²) in [4.78, 5) is 0.929. The Bertz CT molecular complexity index is 518. The highest BCUT2D eigenvalue weighted by Crippen LogP contribution is 2.34. The van der Waals surface area contributed by atoms with Crippen LogP contribution in [0.2, 0.25) is 5.15 Å². The van der Waals surface area contributed by atoms with E-state index in [9.17, 15) is 5.11 Å². The lowest BCUT2D eigenvalue weighted by Gasteiger charge is -2.09. The monoisotopic (exact) mass is 256 g/mol. The maximum absolute atomic E-state index is 10.3. The predicted octanol–water partition coefficient (Wildman–Crippen LogP) is 2.83. The molecule has 0 spiro atoms. The highest BCUT2D eigenvalue weighted by atomic mass is 35.5. The molecular weight excluding hydrogens is 244 g/mol. The van der Waals surface area contributed by atoms with Gasteiger partial charge in [0.2, 0.25) is 0 Å². The van der Waals surface area contributed by atoms with Crippen LogP contribution < -0.4 is 0 Å². The van der Waals surface area contributed by atoms with Gasteiger partial charge in [-0.15, -0.1) is 11.3 Å². The molecule has 1 unspecified atom stereocenters. The van der Waals surface area contributed by atoms with E-state index in [1.165, 1.54) is 11.3 Å². The van der Waals surface area contributed by atoms with Crippen LogP contribution in [-0.4, -0.2) is 14.9 Å². The van der Waals surface area contributed by atoms with Gasteiger partial charge in [-0.3, -0.25) is 4.68 Å². The number of aryl methyl sites for hydroxylation is 3. The van der Waals surface area contributed by atoms with Crippen molar-refractivity contribution in [2.24, 2.45) is 7.05 Å². The lowest BCUT2D eigenvalue weighted by molar-refractivity contribution is 0.223. The zero-order valence-electron chi connectivity index (χ0n) is 9.36. The topological polar surface area (TPSA) is 38.1 Å². The van der Waals surface area contributed by atoms with E-state index in [0.29, 0.717) is 10.7 Å². The summed E-state index contributed by atoms with van der Waals surface area (Å²) in [6, 6.07) is 1.99. The average molecular weight is 257 g/mol. The molecule has 0 radical (unpaired) electrons. The molecule has 2 rings (SSSR count). The Kier molecular flexibility index (Phi) is 3.06. The van der Waals surface area contributed by atoms with Crippen LogP contribution in [0.1, 0.15) is 27.8 Å². The number of halogens is 1. The first-order valence-electron chi connectivity index (χ1n) is 4.93. The minimum atomic E-state index is -0.679. The van der Waals surface area contributed by atoms with Crippen LogP contribution in [0.5, 0.6) is 0 Å². The molecule has 0 aliphatic carbocycles. The second-order valence-corrected chi connectivity index (χ2v) is 5.09. The number of aliphatic hydroxyl groups excluding tert-OH is 1. The standard InChI is InChI=1S/C11H13ClN2OS/c1-6-4-5-16-10(6)9(15)8-7(2)13-14(3)11(8)12/h4-5,9,15H,1-3H3. The van der Waals surface area contributed by atoms with Crippen LogP contribution in [0.25, 0.3) is 0 Å². The third kappa shape index (κ3) is 1.77. The predicted molar refractivity (Wildman–Crippen MR) is 66.1 cm³/mol. The van der Waals surface area contributed by atoms with Crippen molar-refractivity contribution < 1.29 is 5.11 Å². The highest BCUT2D eigenvalue weighted by molar-refractivity contribution is 7.10. The van der Waals surface area contributed by atoms with Crippen LogP contribution in [0.4, 0.5) is 0 Å². The summed E-state index contributed by atoms with van der Waals surface area (Å²) in [5, 5.41) is 17.0. The van der Waals surface area contributed by atoms with Gasteiger partial charge in [-0.25, -0.2) is 0 Å². The molecule has 0 fully saturated rings. The van der Waals surface area contributed by atoms with Crippen molar-refractivity contribution in [1.82, 2.24) is 9.78 Å². The van der Waals surface area contributed by atoms with Crippen LogP contribution in [0.15, 0.2) is 11.4 Å². The molecule has 1 atom stereocenters. The van der Waals surface area contributed by atoms with Crippen LogP contribution >= 0.6 is 22.9 Å². The molecule has 2 aromatic heterocycles.